The number of amides is 1. The van der Waals surface area contributed by atoms with Gasteiger partial charge in [-0.2, -0.15) is 103 Å². The van der Waals surface area contributed by atoms with Crippen molar-refractivity contribution in [1.29, 1.82) is 0 Å². The average Bonchev–Trinajstić information content (AvgIpc) is 3.36. The van der Waals surface area contributed by atoms with E-state index in [1.807, 2.05) is 66.7 Å². The SMILES string of the molecule is C[SiH]C.[Hf+4].[NH-]C(=O)C1CCCCC1.[c-]1cccc2c1Cc1ccccc1-2.[c-]1ccccc1.[c-]1ccccc1. The second-order valence-electron chi connectivity index (χ2n) is 8.83. The molecule has 2 aliphatic rings. The van der Waals surface area contributed by atoms with Gasteiger partial charge in [0.2, 0.25) is 0 Å². The third-order valence-electron chi connectivity index (χ3n) is 5.81. The summed E-state index contributed by atoms with van der Waals surface area (Å²) in [7, 11) is 0.750. The molecule has 193 valence electrons. The molecule has 1 amide bonds. The molecule has 6 rings (SSSR count). The van der Waals surface area contributed by atoms with Crippen molar-refractivity contribution in [2.24, 2.45) is 5.92 Å². The van der Waals surface area contributed by atoms with E-state index in [2.05, 4.69) is 67.7 Å². The Labute approximate surface area is 251 Å². The smallest absolute Gasteiger partial charge is 0.668 e. The molecule has 0 saturated heterocycles. The minimum absolute atomic E-state index is 0. The molecule has 4 aromatic rings. The number of hydrogen-bond acceptors (Lipinski definition) is 1. The second kappa shape index (κ2) is 21.4. The molecule has 4 heteroatoms. The summed E-state index contributed by atoms with van der Waals surface area (Å²) in [6.45, 7) is 4.42. The Morgan fingerprint density at radius 1 is 0.737 bits per heavy atom. The van der Waals surface area contributed by atoms with Gasteiger partial charge in [-0.05, 0) is 19.3 Å². The van der Waals surface area contributed by atoms with Crippen molar-refractivity contribution in [3.05, 3.63) is 138 Å². The minimum atomic E-state index is -0.352. The quantitative estimate of drug-likeness (QED) is 0.129. The molecule has 0 unspecified atom stereocenters. The maximum Gasteiger partial charge on any atom is 4.00 e. The van der Waals surface area contributed by atoms with Crippen molar-refractivity contribution >= 4 is 15.4 Å². The topological polar surface area (TPSA) is 40.9 Å². The maximum absolute atomic E-state index is 10.5. The number of fused-ring (bicyclic) bond motifs is 3. The van der Waals surface area contributed by atoms with Crippen molar-refractivity contribution in [3.63, 3.8) is 0 Å². The number of hydrogen-bond donors (Lipinski definition) is 0. The fourth-order valence-electron chi connectivity index (χ4n) is 4.05. The summed E-state index contributed by atoms with van der Waals surface area (Å²) in [6.07, 6.45) is 6.52. The fourth-order valence-corrected chi connectivity index (χ4v) is 4.05. The Bertz CT molecular complexity index is 987. The van der Waals surface area contributed by atoms with E-state index in [1.165, 1.54) is 28.7 Å². The van der Waals surface area contributed by atoms with Gasteiger partial charge in [0.15, 0.2) is 0 Å². The predicted molar refractivity (Wildman–Crippen MR) is 159 cm³/mol. The summed E-state index contributed by atoms with van der Waals surface area (Å²) < 4.78 is 0. The molecule has 2 aliphatic carbocycles. The number of rotatable bonds is 1. The van der Waals surface area contributed by atoms with Crippen molar-refractivity contribution in [2.45, 2.75) is 51.6 Å². The van der Waals surface area contributed by atoms with E-state index >= 15 is 0 Å². The summed E-state index contributed by atoms with van der Waals surface area (Å²) in [6, 6.07) is 43.1. The van der Waals surface area contributed by atoms with Crippen molar-refractivity contribution < 1.29 is 30.6 Å². The molecular weight excluding hydrogens is 645 g/mol. The van der Waals surface area contributed by atoms with Crippen molar-refractivity contribution in [3.8, 4) is 11.1 Å². The molecule has 38 heavy (non-hydrogen) atoms. The molecule has 0 aliphatic heterocycles. The van der Waals surface area contributed by atoms with Gasteiger partial charge < -0.3 is 10.5 Å². The van der Waals surface area contributed by atoms with Gasteiger partial charge in [-0.1, -0.05) is 67.7 Å². The summed E-state index contributed by atoms with van der Waals surface area (Å²) in [5, 5.41) is 0. The first-order chi connectivity index (χ1) is 18.2. The van der Waals surface area contributed by atoms with Gasteiger partial charge in [0, 0.05) is 15.4 Å². The normalized spacial score (nSPS) is 12.4. The van der Waals surface area contributed by atoms with E-state index in [0.29, 0.717) is 0 Å². The summed E-state index contributed by atoms with van der Waals surface area (Å²) in [5.74, 6) is -0.270. The van der Waals surface area contributed by atoms with Gasteiger partial charge in [-0.25, -0.2) is 0 Å². The predicted octanol–water partition coefficient (Wildman–Crippen LogP) is 8.69. The largest absolute Gasteiger partial charge is 4.00 e. The zero-order chi connectivity index (χ0) is 26.6. The molecule has 0 spiro atoms. The van der Waals surface area contributed by atoms with Crippen LogP contribution in [-0.4, -0.2) is 15.4 Å². The first-order valence-electron chi connectivity index (χ1n) is 13.1. The zero-order valence-electron chi connectivity index (χ0n) is 22.6. The molecular formula is C34H38HfNOSi. The molecule has 4 aromatic carbocycles. The zero-order valence-corrected chi connectivity index (χ0v) is 27.4. The van der Waals surface area contributed by atoms with Crippen LogP contribution in [0.2, 0.25) is 13.1 Å². The van der Waals surface area contributed by atoms with Gasteiger partial charge in [0.25, 0.3) is 0 Å². The van der Waals surface area contributed by atoms with Crippen LogP contribution in [0.15, 0.2) is 103 Å². The van der Waals surface area contributed by atoms with Gasteiger partial charge >= 0.3 is 25.8 Å². The van der Waals surface area contributed by atoms with Crippen LogP contribution in [0.3, 0.4) is 0 Å². The number of carbonyl (C=O) groups is 1. The molecule has 2 nitrogen and oxygen atoms in total. The van der Waals surface area contributed by atoms with E-state index in [4.69, 9.17) is 5.73 Å². The molecule has 0 heterocycles. The monoisotopic (exact) mass is 684 g/mol. The second-order valence-corrected chi connectivity index (χ2v) is 9.98. The van der Waals surface area contributed by atoms with Crippen LogP contribution in [0.5, 0.6) is 0 Å². The van der Waals surface area contributed by atoms with Crippen LogP contribution >= 0.6 is 0 Å². The Morgan fingerprint density at radius 2 is 1.26 bits per heavy atom. The van der Waals surface area contributed by atoms with E-state index in [-0.39, 0.29) is 37.7 Å². The fraction of sp³-hybridized carbons (Fsp3) is 0.265. The van der Waals surface area contributed by atoms with Gasteiger partial charge in [-0.3, -0.25) is 0 Å². The number of benzene rings is 4. The van der Waals surface area contributed by atoms with Crippen LogP contribution in [0, 0.1) is 24.1 Å². The van der Waals surface area contributed by atoms with E-state index in [1.54, 1.807) is 0 Å². The Kier molecular flexibility index (Phi) is 18.8. The van der Waals surface area contributed by atoms with E-state index in [9.17, 15) is 4.79 Å². The number of carbonyl (C=O) groups excluding carboxylic acids is 1. The van der Waals surface area contributed by atoms with Gasteiger partial charge in [0.05, 0.1) is 5.91 Å². The molecule has 0 aromatic heterocycles. The third-order valence-corrected chi connectivity index (χ3v) is 5.81. The van der Waals surface area contributed by atoms with Crippen LogP contribution in [0.4, 0.5) is 0 Å². The average molecular weight is 683 g/mol. The van der Waals surface area contributed by atoms with E-state index < -0.39 is 0 Å². The Hall–Kier alpha value is -2.56. The molecule has 0 atom stereocenters. The standard InChI is InChI=1S/C13H9.C7H13NO.2C6H5.C2H7Si.Hf/c1-3-7-12-10(5-1)9-11-6-2-4-8-13(11)12;8-7(9)6-4-2-1-3-5-6;2*1-2-4-6-5-3-1;1-3-2;/h1-5,7-8H,9H2;6H,1-5H2,(H2,8,9);2*1-5H;3H,1-2H3;/q-1;;2*-1;;+4/p-1. The first kappa shape index (κ1) is 33.5. The molecule has 1 N–H and O–H groups in total. The first-order valence-corrected chi connectivity index (χ1v) is 15.4. The minimum Gasteiger partial charge on any atom is -0.668 e. The van der Waals surface area contributed by atoms with Crippen LogP contribution in [0.1, 0.15) is 43.2 Å². The van der Waals surface area contributed by atoms with Gasteiger partial charge in [-0.15, -0.1) is 5.56 Å². The Morgan fingerprint density at radius 3 is 1.71 bits per heavy atom. The molecule has 1 radical (unpaired) electrons. The summed E-state index contributed by atoms with van der Waals surface area (Å²) in [4.78, 5) is 10.5. The third kappa shape index (κ3) is 13.3. The van der Waals surface area contributed by atoms with Crippen LogP contribution < -0.4 is 0 Å². The maximum atomic E-state index is 10.5. The van der Waals surface area contributed by atoms with Crippen LogP contribution in [-0.2, 0) is 37.1 Å². The summed E-state index contributed by atoms with van der Waals surface area (Å²) in [5.41, 5.74) is 12.3. The summed E-state index contributed by atoms with van der Waals surface area (Å²) >= 11 is 0. The van der Waals surface area contributed by atoms with Crippen molar-refractivity contribution in [1.82, 2.24) is 0 Å². The number of nitrogens with one attached hydrogen (secondary N) is 1. The molecule has 0 bridgehead atoms. The molecule has 1 saturated carbocycles. The molecule has 1 fully saturated rings. The van der Waals surface area contributed by atoms with Gasteiger partial charge in [0.1, 0.15) is 0 Å². The van der Waals surface area contributed by atoms with E-state index in [0.717, 1.165) is 41.6 Å². The Balaban J connectivity index is 0.000000255. The van der Waals surface area contributed by atoms with Crippen molar-refractivity contribution in [2.75, 3.05) is 0 Å². The van der Waals surface area contributed by atoms with Crippen LogP contribution in [0.25, 0.3) is 16.9 Å².